The van der Waals surface area contributed by atoms with E-state index in [1.165, 1.54) is 193 Å². The Bertz CT molecular complexity index is 7560. The number of hydrogen-bond acceptors (Lipinski definition) is 9. The van der Waals surface area contributed by atoms with Gasteiger partial charge in [0.2, 0.25) is 0 Å². The average molecular weight is 1970 g/mol. The molecule has 12 nitrogen and oxygen atoms in total. The minimum atomic E-state index is -4.41. The van der Waals surface area contributed by atoms with Crippen molar-refractivity contribution in [2.24, 2.45) is 0 Å². The Morgan fingerprint density at radius 2 is 0.717 bits per heavy atom. The number of hydrogen-bond donors (Lipinski definition) is 0. The van der Waals surface area contributed by atoms with Crippen LogP contribution in [0.2, 0.25) is 0 Å². The molecule has 738 valence electrons. The van der Waals surface area contributed by atoms with E-state index in [1.54, 1.807) is 0 Å². The second-order valence-electron chi connectivity index (χ2n) is 36.9. The first kappa shape index (κ1) is 105. The fourth-order valence-electron chi connectivity index (χ4n) is 18.1. The molecule has 0 saturated carbocycles. The Labute approximate surface area is 855 Å². The van der Waals surface area contributed by atoms with Crippen LogP contribution in [0.4, 0.5) is 26.3 Å². The lowest BCUT2D eigenvalue weighted by Gasteiger charge is -2.28. The van der Waals surface area contributed by atoms with E-state index < -0.39 is 12.6 Å². The molecule has 0 N–H and O–H groups in total. The molecular weight excluding hydrogens is 1850 g/mol. The lowest BCUT2D eigenvalue weighted by Crippen LogP contribution is -2.22. The largest absolute Gasteiger partial charge is 0.504 e. The van der Waals surface area contributed by atoms with Crippen LogP contribution in [0.25, 0.3) is 94.3 Å². The number of aromatic nitrogens is 11. The van der Waals surface area contributed by atoms with Gasteiger partial charge < -0.3 is 8.98 Å². The van der Waals surface area contributed by atoms with E-state index in [0.29, 0.717) is 5.69 Å². The number of para-hydroxylation sites is 3. The zero-order valence-electron chi connectivity index (χ0n) is 86.1. The Balaban J connectivity index is 0.000000129. The summed E-state index contributed by atoms with van der Waals surface area (Å²) in [6.07, 6.45) is -7.69. The van der Waals surface area contributed by atoms with Crippen molar-refractivity contribution in [3.63, 3.8) is 0 Å². The van der Waals surface area contributed by atoms with Gasteiger partial charge in [-0.2, -0.15) is 9.78 Å². The Kier molecular flexibility index (Phi) is 34.0. The van der Waals surface area contributed by atoms with Gasteiger partial charge in [0, 0.05) is 75.4 Å². The number of furan rings is 1. The third kappa shape index (κ3) is 25.6. The summed E-state index contributed by atoms with van der Waals surface area (Å²) in [5, 5.41) is 20.3. The monoisotopic (exact) mass is 1970 g/mol. The van der Waals surface area contributed by atoms with Crippen LogP contribution in [0.15, 0.2) is 356 Å². The van der Waals surface area contributed by atoms with Crippen LogP contribution in [0, 0.1) is 138 Å². The van der Waals surface area contributed by atoms with E-state index in [2.05, 4.69) is 418 Å². The maximum absolute atomic E-state index is 12.0. The number of fused-ring (bicyclic) bond motifs is 9. The van der Waals surface area contributed by atoms with Gasteiger partial charge in [-0.05, 0) is 315 Å². The number of nitrogens with zero attached hydrogens (tertiary/aromatic N) is 11. The second kappa shape index (κ2) is 46.8. The molecule has 0 aliphatic heterocycles. The fraction of sp³-hybridized carbons (Fsp3) is 0.200. The molecule has 2 aliphatic rings. The lowest BCUT2D eigenvalue weighted by molar-refractivity contribution is -0.213. The van der Waals surface area contributed by atoms with Gasteiger partial charge in [-0.1, -0.05) is 294 Å². The average Bonchev–Trinajstić information content (AvgIpc) is 1.55. The molecule has 145 heavy (non-hydrogen) atoms. The summed E-state index contributed by atoms with van der Waals surface area (Å²) in [4.78, 5) is 10.3. The standard InChI is InChI=1S/C22H20.C18H17N.C17H16N2.C15H14.C14H12O.C12H12S.C10H11N3.C6H7F3N2.C6H8S.C5H6F3N3/c1-15-9-11-18-19-12-10-16(2)14-21(19)22(3,20(18)13-15)17-7-5-4-6-8-17;1-14-13-18(16-9-5-3-6-10-16)19(15(14)2)17-11-7-4-8-12-17;1-13-14(2)19(16-11-7-4-8-12-16)17(18-13)15-9-5-3-6-10-15;1-10-3-5-14-12(7-10)9-13-8-11(2)4-6-15(13)14;1-9-3-5-13-11(7-9)12-8-10(2)4-6-14(12)15-13;1-9-8-12(13-10(9)2)11-6-4-3-5-7-11;1-8-11-12-9(2)13(8)10-6-4-3-5-7-10;1-4-3-5(2)11(10-4)6(7,8)9;1-5-3-4-6(2)7-5;1-3-9-10-4(2)11(3)5(6,7)8/h4-14H,1-3H3;3-13H,1-2H3;3-12H,1-2H3;3-8H,9H2,1-2H3;3-8H,1-2H3;3-8H,1-2H3;3-7H,1-2H3;3H,1-2H3;3-4H,1-2H3;1-2H3. The van der Waals surface area contributed by atoms with Crippen molar-refractivity contribution < 1.29 is 30.8 Å². The Morgan fingerprint density at radius 1 is 0.331 bits per heavy atom. The number of halogens is 6. The van der Waals surface area contributed by atoms with Crippen molar-refractivity contribution >= 4 is 44.6 Å². The van der Waals surface area contributed by atoms with Gasteiger partial charge in [-0.3, -0.25) is 9.13 Å². The number of aryl methyl sites for hydroxylation is 18. The van der Waals surface area contributed by atoms with Gasteiger partial charge in [-0.15, -0.1) is 69.4 Å². The first-order chi connectivity index (χ1) is 69.3. The van der Waals surface area contributed by atoms with Gasteiger partial charge in [0.1, 0.15) is 40.3 Å². The van der Waals surface area contributed by atoms with Gasteiger partial charge >= 0.3 is 12.6 Å². The number of alkyl halides is 6. The molecule has 0 unspecified atom stereocenters. The number of thiophene rings is 2. The van der Waals surface area contributed by atoms with Crippen LogP contribution in [-0.4, -0.2) is 53.4 Å². The summed E-state index contributed by atoms with van der Waals surface area (Å²) in [5.74, 6) is 2.55. The molecule has 0 bridgehead atoms. The highest BCUT2D eigenvalue weighted by Crippen LogP contribution is 2.53. The maximum Gasteiger partial charge on any atom is 0.504 e. The second-order valence-corrected chi connectivity index (χ2v) is 39.7. The molecule has 0 radical (unpaired) electrons. The molecule has 8 heterocycles. The predicted octanol–water partition coefficient (Wildman–Crippen LogP) is 34.3. The molecule has 13 aromatic carbocycles. The van der Waals surface area contributed by atoms with Crippen molar-refractivity contribution in [1.82, 2.24) is 53.4 Å². The maximum atomic E-state index is 12.0. The summed E-state index contributed by atoms with van der Waals surface area (Å²) >= 11 is 3.71. The molecule has 0 fully saturated rings. The van der Waals surface area contributed by atoms with Crippen molar-refractivity contribution in [2.45, 2.75) is 170 Å². The van der Waals surface area contributed by atoms with Crippen LogP contribution in [-0.2, 0) is 24.4 Å². The highest BCUT2D eigenvalue weighted by molar-refractivity contribution is 7.15. The molecule has 2 aliphatic carbocycles. The van der Waals surface area contributed by atoms with Crippen LogP contribution < -0.4 is 0 Å². The first-order valence-electron chi connectivity index (χ1n) is 48.3. The Morgan fingerprint density at radius 3 is 1.11 bits per heavy atom. The quantitative estimate of drug-likeness (QED) is 0.146. The van der Waals surface area contributed by atoms with E-state index >= 15 is 0 Å². The van der Waals surface area contributed by atoms with Gasteiger partial charge in [0.25, 0.3) is 0 Å². The van der Waals surface area contributed by atoms with Crippen molar-refractivity contribution in [3.05, 3.63) is 491 Å². The topological polar surface area (TPSA) is 115 Å². The minimum absolute atomic E-state index is 0.0579. The van der Waals surface area contributed by atoms with Gasteiger partial charge in [0.05, 0.1) is 17.1 Å². The normalized spacial score (nSPS) is 11.6. The molecule has 20 heteroatoms. The van der Waals surface area contributed by atoms with E-state index in [4.69, 9.17) is 9.40 Å². The number of benzene rings is 13. The van der Waals surface area contributed by atoms with Crippen LogP contribution >= 0.6 is 22.7 Å². The number of rotatable bonds is 7. The molecule has 21 aromatic rings. The third-order valence-electron chi connectivity index (χ3n) is 25.6. The SMILES string of the molecule is Cc1cc(-c2ccccc2)n(-c2ccccc2)c1C.Cc1cc(-c2ccccc2)sc1C.Cc1cc(C)n(C(F)(F)F)n1.Cc1ccc(C)s1.Cc1ccc2c(c1)C(C)(c1ccccc1)c1cc(C)ccc1-2.Cc1ccc2c(c1)Cc1cc(C)ccc1-2.Cc1ccc2oc3ccc(C)cc3c2c1.Cc1nc(-c2ccccc2)n(-c2ccccc2)c1C.Cc1nnc(C)n1-c1ccccc1.Cc1nnc(C)n1C(F)(F)F. The van der Waals surface area contributed by atoms with Crippen molar-refractivity contribution in [1.29, 1.82) is 0 Å². The summed E-state index contributed by atoms with van der Waals surface area (Å²) in [6, 6.07) is 123. The van der Waals surface area contributed by atoms with Gasteiger partial charge in [0.15, 0.2) is 0 Å². The van der Waals surface area contributed by atoms with Gasteiger partial charge in [-0.25, -0.2) is 9.55 Å². The highest BCUT2D eigenvalue weighted by Gasteiger charge is 2.41. The molecule has 0 spiro atoms. The van der Waals surface area contributed by atoms with E-state index in [0.717, 1.165) is 57.7 Å². The Hall–Kier alpha value is -15.4. The zero-order chi connectivity index (χ0) is 104. The molecule has 23 rings (SSSR count). The third-order valence-corrected chi connectivity index (χ3v) is 27.7. The fourth-order valence-corrected chi connectivity index (χ4v) is 19.9. The highest BCUT2D eigenvalue weighted by atomic mass is 32.1. The molecule has 0 saturated heterocycles. The molecule has 0 amide bonds. The molecule has 0 atom stereocenters. The van der Waals surface area contributed by atoms with Crippen molar-refractivity contribution in [2.75, 3.05) is 0 Å². The van der Waals surface area contributed by atoms with Crippen LogP contribution in [0.5, 0.6) is 0 Å². The van der Waals surface area contributed by atoms with E-state index in [-0.39, 0.29) is 32.0 Å². The van der Waals surface area contributed by atoms with Crippen LogP contribution in [0.1, 0.15) is 146 Å². The first-order valence-corrected chi connectivity index (χ1v) is 49.9. The predicted molar refractivity (Wildman–Crippen MR) is 588 cm³/mol. The summed E-state index contributed by atoms with van der Waals surface area (Å²) in [5.41, 5.74) is 37.8. The number of imidazole rings is 1. The summed E-state index contributed by atoms with van der Waals surface area (Å²) in [7, 11) is 0. The lowest BCUT2D eigenvalue weighted by atomic mass is 9.74. The van der Waals surface area contributed by atoms with Crippen molar-refractivity contribution in [3.8, 4) is 72.4 Å². The minimum Gasteiger partial charge on any atom is -0.456 e. The van der Waals surface area contributed by atoms with Crippen LogP contribution in [0.3, 0.4) is 0 Å². The summed E-state index contributed by atoms with van der Waals surface area (Å²) < 4.78 is 84.5. The molecular formula is C125H123F6N11OS2. The molecule has 8 aromatic heterocycles. The van der Waals surface area contributed by atoms with E-state index in [9.17, 15) is 26.3 Å². The smallest absolute Gasteiger partial charge is 0.456 e. The summed E-state index contributed by atoms with van der Waals surface area (Å²) in [6.45, 7) is 41.7. The van der Waals surface area contributed by atoms with E-state index in [1.807, 2.05) is 108 Å². The zero-order valence-corrected chi connectivity index (χ0v) is 87.7.